The molecule has 0 saturated heterocycles. The molecule has 0 fully saturated rings. The molecule has 2 aromatic carbocycles. The van der Waals surface area contributed by atoms with E-state index >= 15 is 0 Å². The molecule has 8 heteroatoms. The van der Waals surface area contributed by atoms with E-state index in [4.69, 9.17) is 11.6 Å². The Morgan fingerprint density at radius 1 is 1.19 bits per heavy atom. The number of carbonyl (C=O) groups is 1. The van der Waals surface area contributed by atoms with Gasteiger partial charge in [0.2, 0.25) is 15.9 Å². The SMILES string of the molecule is Cc1ccc(S(=O)(=O)NC(C(=O)NCCc2cccc(Cl)c2)C(C)O)cc1. The van der Waals surface area contributed by atoms with E-state index in [0.717, 1.165) is 11.1 Å². The van der Waals surface area contributed by atoms with Crippen LogP contribution in [0.5, 0.6) is 0 Å². The molecule has 0 spiro atoms. The van der Waals surface area contributed by atoms with Crippen LogP contribution in [0.25, 0.3) is 0 Å². The largest absolute Gasteiger partial charge is 0.391 e. The van der Waals surface area contributed by atoms with Crippen LogP contribution in [-0.2, 0) is 21.2 Å². The van der Waals surface area contributed by atoms with Crippen molar-refractivity contribution in [2.75, 3.05) is 6.54 Å². The number of carbonyl (C=O) groups excluding carboxylic acids is 1. The molecule has 2 unspecified atom stereocenters. The number of hydrogen-bond acceptors (Lipinski definition) is 4. The molecule has 2 atom stereocenters. The topological polar surface area (TPSA) is 95.5 Å². The molecule has 2 rings (SSSR count). The average Bonchev–Trinajstić information content (AvgIpc) is 2.60. The summed E-state index contributed by atoms with van der Waals surface area (Å²) in [5, 5.41) is 13.1. The van der Waals surface area contributed by atoms with E-state index < -0.39 is 28.1 Å². The number of benzene rings is 2. The van der Waals surface area contributed by atoms with Gasteiger partial charge < -0.3 is 10.4 Å². The molecule has 1 amide bonds. The van der Waals surface area contributed by atoms with Crippen LogP contribution in [0.2, 0.25) is 5.02 Å². The van der Waals surface area contributed by atoms with Gasteiger partial charge in [0.1, 0.15) is 6.04 Å². The van der Waals surface area contributed by atoms with Gasteiger partial charge in [-0.2, -0.15) is 4.72 Å². The van der Waals surface area contributed by atoms with Crippen molar-refractivity contribution in [1.29, 1.82) is 0 Å². The minimum absolute atomic E-state index is 0.0328. The summed E-state index contributed by atoms with van der Waals surface area (Å²) in [5.41, 5.74) is 1.86. The van der Waals surface area contributed by atoms with E-state index in [0.29, 0.717) is 11.4 Å². The fourth-order valence-electron chi connectivity index (χ4n) is 2.46. The Bertz CT molecular complexity index is 883. The van der Waals surface area contributed by atoms with Crippen molar-refractivity contribution in [3.63, 3.8) is 0 Å². The third-order valence-electron chi connectivity index (χ3n) is 3.98. The number of aryl methyl sites for hydroxylation is 1. The molecule has 0 aliphatic rings. The number of nitrogens with one attached hydrogen (secondary N) is 2. The Morgan fingerprint density at radius 2 is 1.85 bits per heavy atom. The van der Waals surface area contributed by atoms with Gasteiger partial charge in [-0.25, -0.2) is 8.42 Å². The first-order valence-electron chi connectivity index (χ1n) is 8.48. The van der Waals surface area contributed by atoms with Gasteiger partial charge in [0, 0.05) is 11.6 Å². The number of sulfonamides is 1. The summed E-state index contributed by atoms with van der Waals surface area (Å²) in [6.07, 6.45) is -0.666. The molecule has 6 nitrogen and oxygen atoms in total. The highest BCUT2D eigenvalue weighted by Gasteiger charge is 2.29. The van der Waals surface area contributed by atoms with Crippen molar-refractivity contribution >= 4 is 27.5 Å². The van der Waals surface area contributed by atoms with Crippen molar-refractivity contribution in [2.45, 2.75) is 37.3 Å². The number of aliphatic hydroxyl groups is 1. The van der Waals surface area contributed by atoms with Crippen molar-refractivity contribution in [3.05, 3.63) is 64.7 Å². The zero-order valence-electron chi connectivity index (χ0n) is 15.1. The summed E-state index contributed by atoms with van der Waals surface area (Å²) in [6.45, 7) is 3.49. The molecule has 0 radical (unpaired) electrons. The Hall–Kier alpha value is -1.93. The first-order valence-corrected chi connectivity index (χ1v) is 10.3. The lowest BCUT2D eigenvalue weighted by Crippen LogP contribution is -2.52. The lowest BCUT2D eigenvalue weighted by atomic mass is 10.1. The second-order valence-corrected chi connectivity index (χ2v) is 8.47. The molecule has 0 saturated carbocycles. The quantitative estimate of drug-likeness (QED) is 0.620. The van der Waals surface area contributed by atoms with E-state index in [2.05, 4.69) is 10.0 Å². The third-order valence-corrected chi connectivity index (χ3v) is 5.67. The molecule has 0 bridgehead atoms. The zero-order valence-corrected chi connectivity index (χ0v) is 16.7. The molecule has 0 aliphatic heterocycles. The molecular formula is C19H23ClN2O4S. The maximum atomic E-state index is 12.5. The lowest BCUT2D eigenvalue weighted by molar-refractivity contribution is -0.124. The predicted octanol–water partition coefficient (Wildman–Crippen LogP) is 2.04. The Kier molecular flexibility index (Phi) is 7.38. The van der Waals surface area contributed by atoms with E-state index in [9.17, 15) is 18.3 Å². The lowest BCUT2D eigenvalue weighted by Gasteiger charge is -2.21. The second kappa shape index (κ2) is 9.32. The highest BCUT2D eigenvalue weighted by Crippen LogP contribution is 2.12. The fourth-order valence-corrected chi connectivity index (χ4v) is 3.94. The van der Waals surface area contributed by atoms with Gasteiger partial charge in [0.05, 0.1) is 11.0 Å². The van der Waals surface area contributed by atoms with Crippen molar-refractivity contribution < 1.29 is 18.3 Å². The van der Waals surface area contributed by atoms with E-state index in [-0.39, 0.29) is 11.4 Å². The van der Waals surface area contributed by atoms with Crippen LogP contribution in [0, 0.1) is 6.92 Å². The van der Waals surface area contributed by atoms with Crippen LogP contribution in [0.15, 0.2) is 53.4 Å². The van der Waals surface area contributed by atoms with Crippen molar-refractivity contribution in [1.82, 2.24) is 10.0 Å². The first kappa shape index (κ1) is 21.4. The maximum Gasteiger partial charge on any atom is 0.241 e. The summed E-state index contributed by atoms with van der Waals surface area (Å²) in [5.74, 6) is -0.595. The molecule has 2 aromatic rings. The molecular weight excluding hydrogens is 388 g/mol. The summed E-state index contributed by atoms with van der Waals surface area (Å²) in [4.78, 5) is 12.4. The number of hydrogen-bond donors (Lipinski definition) is 3. The Labute approximate surface area is 164 Å². The maximum absolute atomic E-state index is 12.5. The van der Waals surface area contributed by atoms with Crippen LogP contribution >= 0.6 is 11.6 Å². The second-order valence-electron chi connectivity index (χ2n) is 6.32. The van der Waals surface area contributed by atoms with Gasteiger partial charge in [0.25, 0.3) is 0 Å². The zero-order chi connectivity index (χ0) is 20.0. The minimum atomic E-state index is -3.94. The summed E-state index contributed by atoms with van der Waals surface area (Å²) >= 11 is 5.92. The van der Waals surface area contributed by atoms with Gasteiger partial charge in [0.15, 0.2) is 0 Å². The molecule has 0 aromatic heterocycles. The Morgan fingerprint density at radius 3 is 2.44 bits per heavy atom. The van der Waals surface area contributed by atoms with Gasteiger partial charge in [-0.3, -0.25) is 4.79 Å². The van der Waals surface area contributed by atoms with Crippen LogP contribution in [-0.4, -0.2) is 38.1 Å². The number of aliphatic hydroxyl groups excluding tert-OH is 1. The normalized spacial score (nSPS) is 13.8. The molecule has 146 valence electrons. The summed E-state index contributed by atoms with van der Waals surface area (Å²) in [6, 6.07) is 12.2. The van der Waals surface area contributed by atoms with Gasteiger partial charge in [-0.15, -0.1) is 0 Å². The van der Waals surface area contributed by atoms with Gasteiger partial charge in [-0.1, -0.05) is 41.4 Å². The van der Waals surface area contributed by atoms with Crippen LogP contribution in [0.3, 0.4) is 0 Å². The third kappa shape index (κ3) is 6.32. The van der Waals surface area contributed by atoms with Gasteiger partial charge in [-0.05, 0) is 50.1 Å². The standard InChI is InChI=1S/C19H23ClN2O4S/c1-13-6-8-17(9-7-13)27(25,26)22-18(14(2)23)19(24)21-11-10-15-4-3-5-16(20)12-15/h3-9,12,14,18,22-23H,10-11H2,1-2H3,(H,21,24). The Balaban J connectivity index is 2.01. The van der Waals surface area contributed by atoms with E-state index in [1.807, 2.05) is 19.1 Å². The molecule has 3 N–H and O–H groups in total. The van der Waals surface area contributed by atoms with Gasteiger partial charge >= 0.3 is 0 Å². The number of halogens is 1. The number of rotatable bonds is 8. The first-order chi connectivity index (χ1) is 12.7. The minimum Gasteiger partial charge on any atom is -0.391 e. The highest BCUT2D eigenvalue weighted by atomic mass is 35.5. The van der Waals surface area contributed by atoms with Crippen LogP contribution in [0.4, 0.5) is 0 Å². The van der Waals surface area contributed by atoms with Crippen LogP contribution < -0.4 is 10.0 Å². The van der Waals surface area contributed by atoms with E-state index in [1.54, 1.807) is 24.3 Å². The smallest absolute Gasteiger partial charge is 0.241 e. The summed E-state index contributed by atoms with van der Waals surface area (Å²) in [7, 11) is -3.94. The predicted molar refractivity (Wildman–Crippen MR) is 105 cm³/mol. The average molecular weight is 411 g/mol. The van der Waals surface area contributed by atoms with E-state index in [1.165, 1.54) is 19.1 Å². The highest BCUT2D eigenvalue weighted by molar-refractivity contribution is 7.89. The molecule has 0 heterocycles. The monoisotopic (exact) mass is 410 g/mol. The van der Waals surface area contributed by atoms with Crippen molar-refractivity contribution in [3.8, 4) is 0 Å². The molecule has 0 aliphatic carbocycles. The fraction of sp³-hybridized carbons (Fsp3) is 0.316. The number of amides is 1. The molecule has 27 heavy (non-hydrogen) atoms. The van der Waals surface area contributed by atoms with Crippen LogP contribution in [0.1, 0.15) is 18.1 Å². The van der Waals surface area contributed by atoms with Crippen molar-refractivity contribution in [2.24, 2.45) is 0 Å². The summed E-state index contributed by atoms with van der Waals surface area (Å²) < 4.78 is 27.2.